The Kier molecular flexibility index (Phi) is 8.70. The van der Waals surface area contributed by atoms with Crippen molar-refractivity contribution < 1.29 is 28.2 Å². The van der Waals surface area contributed by atoms with E-state index in [4.69, 9.17) is 9.47 Å². The van der Waals surface area contributed by atoms with Crippen LogP contribution in [0.2, 0.25) is 0 Å². The predicted octanol–water partition coefficient (Wildman–Crippen LogP) is 5.60. The van der Waals surface area contributed by atoms with Crippen molar-refractivity contribution in [2.75, 3.05) is 11.9 Å². The van der Waals surface area contributed by atoms with Crippen LogP contribution in [0.15, 0.2) is 48.1 Å². The molecule has 44 heavy (non-hydrogen) atoms. The van der Waals surface area contributed by atoms with Gasteiger partial charge in [0.2, 0.25) is 5.91 Å². The number of fused-ring (bicyclic) bond motifs is 1. The highest BCUT2D eigenvalue weighted by Gasteiger charge is 2.24. The van der Waals surface area contributed by atoms with Gasteiger partial charge in [-0.2, -0.15) is 0 Å². The number of thiophene rings is 1. The highest BCUT2D eigenvalue weighted by molar-refractivity contribution is 7.22. The molecule has 0 atom stereocenters. The first-order chi connectivity index (χ1) is 21.3. The number of thiazole rings is 1. The summed E-state index contributed by atoms with van der Waals surface area (Å²) < 4.78 is 27.9. The van der Waals surface area contributed by atoms with E-state index in [0.29, 0.717) is 57.0 Å². The summed E-state index contributed by atoms with van der Waals surface area (Å²) in [6.07, 6.45) is 6.23. The second-order valence-corrected chi connectivity index (χ2v) is 12.2. The number of nitrogens with one attached hydrogen (secondary N) is 1. The lowest BCUT2D eigenvalue weighted by Gasteiger charge is -2.09. The van der Waals surface area contributed by atoms with Gasteiger partial charge in [-0.25, -0.2) is 14.1 Å². The van der Waals surface area contributed by atoms with Gasteiger partial charge in [0.15, 0.2) is 16.7 Å². The summed E-state index contributed by atoms with van der Waals surface area (Å²) in [6.45, 7) is 1.92. The molecular weight excluding hydrogens is 607 g/mol. The number of amides is 1. The fourth-order valence-electron chi connectivity index (χ4n) is 4.52. The zero-order valence-electron chi connectivity index (χ0n) is 23.6. The van der Waals surface area contributed by atoms with E-state index in [-0.39, 0.29) is 42.8 Å². The summed E-state index contributed by atoms with van der Waals surface area (Å²) in [5, 5.41) is 13.0. The van der Waals surface area contributed by atoms with Crippen LogP contribution in [0, 0.1) is 11.7 Å². The number of Topliss-reactive ketones (excluding diaryl/α,β-unsaturated/α-hetero) is 1. The van der Waals surface area contributed by atoms with Gasteiger partial charge in [-0.05, 0) is 49.4 Å². The molecule has 11 nitrogen and oxygen atoms in total. The summed E-state index contributed by atoms with van der Waals surface area (Å²) in [7, 11) is 0. The fraction of sp³-hybridized carbons (Fsp3) is 0.300. The standard InChI is InChI=1S/C30H27FN6O5S2/c1-2-41-28(40)12-19-16-43-30(33-19)34-27(39)15-37-14-23(35-36-37)26-13-22-29(44-26)25(7-8-32-22)42-24-6-5-18(11-21(24)31)10-20(38)9-17-3-4-17/h5-8,11,13-14,16-17H,2-4,9-10,12,15H2,1H3,(H,33,34,39). The number of hydrogen-bond acceptors (Lipinski definition) is 11. The third-order valence-electron chi connectivity index (χ3n) is 6.73. The third-order valence-corrected chi connectivity index (χ3v) is 8.70. The number of anilines is 1. The first-order valence-electron chi connectivity index (χ1n) is 14.0. The molecule has 1 aliphatic carbocycles. The van der Waals surface area contributed by atoms with E-state index in [1.807, 2.05) is 6.07 Å². The number of ketones is 1. The molecule has 0 spiro atoms. The van der Waals surface area contributed by atoms with Crippen molar-refractivity contribution in [1.82, 2.24) is 25.0 Å². The number of esters is 1. The lowest BCUT2D eigenvalue weighted by molar-refractivity contribution is -0.142. The minimum Gasteiger partial charge on any atom is -0.466 e. The Hall–Kier alpha value is -4.56. The molecule has 1 amide bonds. The van der Waals surface area contributed by atoms with Crippen LogP contribution in [0.1, 0.15) is 37.4 Å². The molecule has 4 aromatic heterocycles. The number of rotatable bonds is 13. The molecule has 0 radical (unpaired) electrons. The molecule has 0 bridgehead atoms. The Balaban J connectivity index is 1.10. The number of pyridine rings is 1. The number of hydrogen-bond donors (Lipinski definition) is 1. The molecule has 1 fully saturated rings. The Morgan fingerprint density at radius 2 is 2.00 bits per heavy atom. The molecule has 1 aromatic carbocycles. The summed E-state index contributed by atoms with van der Waals surface area (Å²) in [5.41, 5.74) is 2.31. The van der Waals surface area contributed by atoms with E-state index in [1.165, 1.54) is 33.4 Å². The molecule has 4 heterocycles. The van der Waals surface area contributed by atoms with Crippen LogP contribution >= 0.6 is 22.7 Å². The Labute approximate surface area is 259 Å². The Morgan fingerprint density at radius 3 is 2.80 bits per heavy atom. The maximum atomic E-state index is 14.9. The number of benzene rings is 1. The van der Waals surface area contributed by atoms with Gasteiger partial charge in [0.05, 0.1) is 40.0 Å². The van der Waals surface area contributed by atoms with Gasteiger partial charge < -0.3 is 14.8 Å². The smallest absolute Gasteiger partial charge is 0.311 e. The largest absolute Gasteiger partial charge is 0.466 e. The summed E-state index contributed by atoms with van der Waals surface area (Å²) >= 11 is 2.57. The van der Waals surface area contributed by atoms with Crippen LogP contribution in [0.4, 0.5) is 9.52 Å². The molecule has 1 aliphatic rings. The zero-order valence-corrected chi connectivity index (χ0v) is 25.3. The van der Waals surface area contributed by atoms with Crippen molar-refractivity contribution in [3.8, 4) is 22.1 Å². The van der Waals surface area contributed by atoms with Gasteiger partial charge in [0.1, 0.15) is 23.8 Å². The van der Waals surface area contributed by atoms with E-state index in [2.05, 4.69) is 25.6 Å². The number of carbonyl (C=O) groups excluding carboxylic acids is 3. The first kappa shape index (κ1) is 29.5. The molecule has 6 rings (SSSR count). The van der Waals surface area contributed by atoms with Crippen molar-refractivity contribution in [2.24, 2.45) is 5.92 Å². The maximum absolute atomic E-state index is 14.9. The molecule has 0 unspecified atom stereocenters. The van der Waals surface area contributed by atoms with Crippen LogP contribution in [-0.2, 0) is 38.5 Å². The fourth-order valence-corrected chi connectivity index (χ4v) is 6.26. The summed E-state index contributed by atoms with van der Waals surface area (Å²) in [5.74, 6) is -0.171. The van der Waals surface area contributed by atoms with Crippen molar-refractivity contribution in [2.45, 2.75) is 45.6 Å². The highest BCUT2D eigenvalue weighted by Crippen LogP contribution is 2.39. The number of aromatic nitrogens is 5. The lowest BCUT2D eigenvalue weighted by atomic mass is 10.0. The van der Waals surface area contributed by atoms with E-state index in [9.17, 15) is 18.8 Å². The van der Waals surface area contributed by atoms with Crippen LogP contribution in [-0.4, -0.2) is 49.2 Å². The second kappa shape index (κ2) is 13.0. The normalized spacial score (nSPS) is 12.8. The van der Waals surface area contributed by atoms with E-state index < -0.39 is 5.82 Å². The van der Waals surface area contributed by atoms with Crippen LogP contribution < -0.4 is 10.1 Å². The molecule has 14 heteroatoms. The first-order valence-corrected chi connectivity index (χ1v) is 15.7. The second-order valence-electron chi connectivity index (χ2n) is 10.3. The predicted molar refractivity (Wildman–Crippen MR) is 162 cm³/mol. The molecule has 5 aromatic rings. The van der Waals surface area contributed by atoms with Crippen molar-refractivity contribution in [3.63, 3.8) is 0 Å². The maximum Gasteiger partial charge on any atom is 0.311 e. The van der Waals surface area contributed by atoms with Gasteiger partial charge in [-0.1, -0.05) is 11.3 Å². The topological polar surface area (TPSA) is 138 Å². The highest BCUT2D eigenvalue weighted by atomic mass is 32.1. The minimum atomic E-state index is -0.544. The molecule has 0 aliphatic heterocycles. The Morgan fingerprint density at radius 1 is 1.14 bits per heavy atom. The number of nitrogens with zero attached hydrogens (tertiary/aromatic N) is 5. The van der Waals surface area contributed by atoms with Gasteiger partial charge in [-0.3, -0.25) is 19.4 Å². The van der Waals surface area contributed by atoms with E-state index >= 15 is 0 Å². The molecule has 226 valence electrons. The molecule has 0 saturated heterocycles. The SMILES string of the molecule is CCOC(=O)Cc1csc(NC(=O)Cn2cc(-c3cc4nccc(Oc5ccc(CC(=O)CC6CC6)cc5F)c4s3)nn2)n1. The van der Waals surface area contributed by atoms with Gasteiger partial charge in [0.25, 0.3) is 0 Å². The van der Waals surface area contributed by atoms with Crippen molar-refractivity contribution in [1.29, 1.82) is 0 Å². The lowest BCUT2D eigenvalue weighted by Crippen LogP contribution is -2.19. The minimum absolute atomic E-state index is 0.0348. The van der Waals surface area contributed by atoms with Gasteiger partial charge in [0, 0.05) is 30.5 Å². The summed E-state index contributed by atoms with van der Waals surface area (Å²) in [4.78, 5) is 45.8. The number of ether oxygens (including phenoxy) is 2. The number of halogens is 1. The monoisotopic (exact) mass is 634 g/mol. The van der Waals surface area contributed by atoms with Gasteiger partial charge in [-0.15, -0.1) is 27.8 Å². The molecular formula is C30H27FN6O5S2. The quantitative estimate of drug-likeness (QED) is 0.164. The van der Waals surface area contributed by atoms with E-state index in [0.717, 1.165) is 17.7 Å². The third kappa shape index (κ3) is 7.32. The van der Waals surface area contributed by atoms with Crippen LogP contribution in [0.3, 0.4) is 0 Å². The Bertz CT molecular complexity index is 1850. The molecule has 1 N–H and O–H groups in total. The van der Waals surface area contributed by atoms with Gasteiger partial charge >= 0.3 is 5.97 Å². The molecule has 1 saturated carbocycles. The van der Waals surface area contributed by atoms with Crippen molar-refractivity contribution >= 4 is 55.7 Å². The average molecular weight is 635 g/mol. The van der Waals surface area contributed by atoms with Crippen LogP contribution in [0.25, 0.3) is 20.8 Å². The number of carbonyl (C=O) groups is 3. The van der Waals surface area contributed by atoms with Crippen LogP contribution in [0.5, 0.6) is 11.5 Å². The van der Waals surface area contributed by atoms with Crippen molar-refractivity contribution in [3.05, 3.63) is 65.2 Å². The summed E-state index contributed by atoms with van der Waals surface area (Å²) in [6, 6.07) is 8.09. The average Bonchev–Trinajstić information content (AvgIpc) is 3.32. The van der Waals surface area contributed by atoms with E-state index in [1.54, 1.807) is 42.9 Å². The zero-order chi connectivity index (χ0) is 30.6.